The zero-order valence-electron chi connectivity index (χ0n) is 13.6. The van der Waals surface area contributed by atoms with E-state index >= 15 is 0 Å². The first-order valence-corrected chi connectivity index (χ1v) is 8.62. The highest BCUT2D eigenvalue weighted by molar-refractivity contribution is 5.87. The van der Waals surface area contributed by atoms with Crippen LogP contribution in [0.15, 0.2) is 12.2 Å². The van der Waals surface area contributed by atoms with Crippen LogP contribution in [0.4, 0.5) is 0 Å². The van der Waals surface area contributed by atoms with Crippen molar-refractivity contribution in [2.45, 2.75) is 69.2 Å². The molecule has 0 spiro atoms. The standard InChI is InChI=1S/C18H24O5/c1-11(2)15(19)23-18-8-12-5-13(9-18)7-17(6-12,10-18)22-14-3-4-21-16(14)20/h12-14H,1,3-10H2,2H3. The van der Waals surface area contributed by atoms with Crippen LogP contribution in [0.5, 0.6) is 0 Å². The number of ether oxygens (including phenoxy) is 3. The lowest BCUT2D eigenvalue weighted by Gasteiger charge is -2.60. The Kier molecular flexibility index (Phi) is 3.34. The molecule has 5 rings (SSSR count). The van der Waals surface area contributed by atoms with Gasteiger partial charge in [-0.25, -0.2) is 9.59 Å². The minimum Gasteiger partial charge on any atom is -0.464 e. The van der Waals surface area contributed by atoms with E-state index in [2.05, 4.69) is 6.58 Å². The summed E-state index contributed by atoms with van der Waals surface area (Å²) in [4.78, 5) is 23.9. The van der Waals surface area contributed by atoms with Gasteiger partial charge in [-0.1, -0.05) is 6.58 Å². The average Bonchev–Trinajstić information content (AvgIpc) is 2.81. The van der Waals surface area contributed by atoms with Crippen LogP contribution >= 0.6 is 0 Å². The van der Waals surface area contributed by atoms with E-state index in [0.29, 0.717) is 36.9 Å². The van der Waals surface area contributed by atoms with Crippen molar-refractivity contribution >= 4 is 11.9 Å². The van der Waals surface area contributed by atoms with E-state index in [1.54, 1.807) is 6.92 Å². The highest BCUT2D eigenvalue weighted by Gasteiger charge is 2.61. The zero-order valence-corrected chi connectivity index (χ0v) is 13.6. The van der Waals surface area contributed by atoms with Gasteiger partial charge in [-0.3, -0.25) is 0 Å². The molecule has 0 aromatic rings. The van der Waals surface area contributed by atoms with Crippen molar-refractivity contribution in [3.05, 3.63) is 12.2 Å². The summed E-state index contributed by atoms with van der Waals surface area (Å²) in [6.07, 6.45) is 5.86. The Morgan fingerprint density at radius 2 is 1.87 bits per heavy atom. The van der Waals surface area contributed by atoms with Crippen molar-refractivity contribution in [3.63, 3.8) is 0 Å². The Bertz CT molecular complexity index is 552. The van der Waals surface area contributed by atoms with Gasteiger partial charge in [0, 0.05) is 18.4 Å². The number of rotatable bonds is 4. The van der Waals surface area contributed by atoms with Crippen LogP contribution in [-0.2, 0) is 23.8 Å². The van der Waals surface area contributed by atoms with Crippen LogP contribution in [-0.4, -0.2) is 35.9 Å². The van der Waals surface area contributed by atoms with Crippen molar-refractivity contribution in [1.82, 2.24) is 0 Å². The molecule has 0 aromatic carbocycles. The summed E-state index contributed by atoms with van der Waals surface area (Å²) in [7, 11) is 0. The lowest BCUT2D eigenvalue weighted by molar-refractivity contribution is -0.242. The van der Waals surface area contributed by atoms with Gasteiger partial charge in [-0.05, 0) is 50.9 Å². The van der Waals surface area contributed by atoms with Crippen LogP contribution < -0.4 is 0 Å². The third-order valence-corrected chi connectivity index (χ3v) is 5.89. The van der Waals surface area contributed by atoms with Gasteiger partial charge in [0.05, 0.1) is 12.2 Å². The molecule has 5 nitrogen and oxygen atoms in total. The van der Waals surface area contributed by atoms with Crippen molar-refractivity contribution in [1.29, 1.82) is 0 Å². The van der Waals surface area contributed by atoms with Crippen LogP contribution in [0, 0.1) is 11.8 Å². The van der Waals surface area contributed by atoms with Crippen molar-refractivity contribution < 1.29 is 23.8 Å². The molecule has 5 heteroatoms. The van der Waals surface area contributed by atoms with E-state index in [9.17, 15) is 9.59 Å². The minimum absolute atomic E-state index is 0.242. The Morgan fingerprint density at radius 1 is 1.22 bits per heavy atom. The van der Waals surface area contributed by atoms with Crippen molar-refractivity contribution in [2.75, 3.05) is 6.61 Å². The molecular weight excluding hydrogens is 296 g/mol. The predicted octanol–water partition coefficient (Wildman–Crippen LogP) is 2.53. The number of esters is 2. The zero-order chi connectivity index (χ0) is 16.2. The summed E-state index contributed by atoms with van der Waals surface area (Å²) in [6, 6.07) is 0. The monoisotopic (exact) mass is 320 g/mol. The molecule has 126 valence electrons. The lowest BCUT2D eigenvalue weighted by Crippen LogP contribution is -2.62. The summed E-state index contributed by atoms with van der Waals surface area (Å²) in [6.45, 7) is 5.83. The second-order valence-corrected chi connectivity index (χ2v) is 8.06. The number of hydrogen-bond donors (Lipinski definition) is 0. The molecule has 0 N–H and O–H groups in total. The molecule has 1 heterocycles. The van der Waals surface area contributed by atoms with Gasteiger partial charge in [0.15, 0.2) is 6.10 Å². The molecule has 0 radical (unpaired) electrons. The molecule has 4 bridgehead atoms. The third-order valence-electron chi connectivity index (χ3n) is 5.89. The Morgan fingerprint density at radius 3 is 2.43 bits per heavy atom. The highest BCUT2D eigenvalue weighted by Crippen LogP contribution is 2.60. The van der Waals surface area contributed by atoms with E-state index in [0.717, 1.165) is 25.7 Å². The second-order valence-electron chi connectivity index (χ2n) is 8.06. The first kappa shape index (κ1) is 15.2. The van der Waals surface area contributed by atoms with Crippen LogP contribution in [0.2, 0.25) is 0 Å². The topological polar surface area (TPSA) is 61.8 Å². The molecule has 23 heavy (non-hydrogen) atoms. The van der Waals surface area contributed by atoms with Gasteiger partial charge in [-0.2, -0.15) is 0 Å². The molecule has 0 aromatic heterocycles. The minimum atomic E-state index is -0.444. The highest BCUT2D eigenvalue weighted by atomic mass is 16.6. The van der Waals surface area contributed by atoms with E-state index < -0.39 is 11.7 Å². The largest absolute Gasteiger partial charge is 0.464 e. The van der Waals surface area contributed by atoms with E-state index in [1.807, 2.05) is 0 Å². The molecule has 3 atom stereocenters. The summed E-state index contributed by atoms with van der Waals surface area (Å²) in [5, 5.41) is 0. The van der Waals surface area contributed by atoms with E-state index in [-0.39, 0.29) is 17.5 Å². The second kappa shape index (κ2) is 5.07. The molecule has 1 saturated heterocycles. The molecule has 4 aliphatic carbocycles. The van der Waals surface area contributed by atoms with E-state index in [4.69, 9.17) is 14.2 Å². The maximum absolute atomic E-state index is 12.1. The molecule has 0 amide bonds. The van der Waals surface area contributed by atoms with Crippen LogP contribution in [0.3, 0.4) is 0 Å². The molecule has 3 unspecified atom stereocenters. The third kappa shape index (κ3) is 2.59. The Balaban J connectivity index is 1.56. The first-order chi connectivity index (χ1) is 10.9. The molecule has 1 aliphatic heterocycles. The summed E-state index contributed by atoms with van der Waals surface area (Å²) >= 11 is 0. The number of cyclic esters (lactones) is 1. The lowest BCUT2D eigenvalue weighted by atomic mass is 9.52. The SMILES string of the molecule is C=C(C)C(=O)OC12CC3CC(C1)CC(OC1CCOC1=O)(C3)C2. The first-order valence-electron chi connectivity index (χ1n) is 8.62. The fraction of sp³-hybridized carbons (Fsp3) is 0.778. The number of carbonyl (C=O) groups is 2. The smallest absolute Gasteiger partial charge is 0.335 e. The average molecular weight is 320 g/mol. The molecule has 5 fully saturated rings. The Hall–Kier alpha value is -1.36. The Labute approximate surface area is 136 Å². The molecule has 5 aliphatic rings. The van der Waals surface area contributed by atoms with Gasteiger partial charge in [0.25, 0.3) is 0 Å². The van der Waals surface area contributed by atoms with Crippen molar-refractivity contribution in [2.24, 2.45) is 11.8 Å². The van der Waals surface area contributed by atoms with Gasteiger partial charge in [0.1, 0.15) is 5.60 Å². The quantitative estimate of drug-likeness (QED) is 0.588. The fourth-order valence-corrected chi connectivity index (χ4v) is 5.52. The van der Waals surface area contributed by atoms with Gasteiger partial charge >= 0.3 is 11.9 Å². The normalized spacial score (nSPS) is 44.2. The van der Waals surface area contributed by atoms with Gasteiger partial charge in [0.2, 0.25) is 0 Å². The maximum atomic E-state index is 12.1. The number of carbonyl (C=O) groups excluding carboxylic acids is 2. The molecular formula is C18H24O5. The number of hydrogen-bond acceptors (Lipinski definition) is 5. The molecule has 4 saturated carbocycles. The van der Waals surface area contributed by atoms with Crippen molar-refractivity contribution in [3.8, 4) is 0 Å². The summed E-state index contributed by atoms with van der Waals surface area (Å²) in [5.74, 6) is 0.495. The van der Waals surface area contributed by atoms with Gasteiger partial charge < -0.3 is 14.2 Å². The fourth-order valence-electron chi connectivity index (χ4n) is 5.52. The van der Waals surface area contributed by atoms with E-state index in [1.165, 1.54) is 6.42 Å². The summed E-state index contributed by atoms with van der Waals surface area (Å²) in [5.41, 5.74) is -0.314. The van der Waals surface area contributed by atoms with Crippen LogP contribution in [0.25, 0.3) is 0 Å². The van der Waals surface area contributed by atoms with Crippen LogP contribution in [0.1, 0.15) is 51.9 Å². The maximum Gasteiger partial charge on any atom is 0.335 e. The predicted molar refractivity (Wildman–Crippen MR) is 81.5 cm³/mol. The summed E-state index contributed by atoms with van der Waals surface area (Å²) < 4.78 is 17.2. The van der Waals surface area contributed by atoms with Gasteiger partial charge in [-0.15, -0.1) is 0 Å².